The van der Waals surface area contributed by atoms with E-state index in [1.807, 2.05) is 36.4 Å². The van der Waals surface area contributed by atoms with E-state index < -0.39 is 18.6 Å². The second-order valence-corrected chi connectivity index (χ2v) is 7.05. The Hall–Kier alpha value is -4.46. The van der Waals surface area contributed by atoms with Crippen molar-refractivity contribution in [3.05, 3.63) is 102 Å². The Morgan fingerprint density at radius 3 is 2.33 bits per heavy atom. The van der Waals surface area contributed by atoms with Gasteiger partial charge in [-0.2, -0.15) is 5.10 Å². The maximum Gasteiger partial charge on any atom is 0.341 e. The summed E-state index contributed by atoms with van der Waals surface area (Å²) in [4.78, 5) is 35.7. The molecule has 0 radical (unpaired) electrons. The van der Waals surface area contributed by atoms with Crippen molar-refractivity contribution in [2.45, 2.75) is 12.5 Å². The highest BCUT2D eigenvalue weighted by atomic mass is 16.5. The predicted molar refractivity (Wildman–Crippen MR) is 123 cm³/mol. The van der Waals surface area contributed by atoms with Gasteiger partial charge in [0, 0.05) is 5.56 Å². The highest BCUT2D eigenvalue weighted by Crippen LogP contribution is 2.17. The van der Waals surface area contributed by atoms with Gasteiger partial charge in [0.1, 0.15) is 5.75 Å². The standard InChI is InChI=1S/C25H23N3O5/c29-23(28-26-16-18-8-7-13-21(14-18)33-17-24(30)31)15-22(19-9-3-1-4-10-19)27-25(32)20-11-5-2-6-12-20/h1-14,16,22H,15,17H2,(H,27,32)(H,28,29)(H,30,31)/b26-16-/t22-/m1/s1. The topological polar surface area (TPSA) is 117 Å². The van der Waals surface area contributed by atoms with Crippen LogP contribution in [0.1, 0.15) is 33.9 Å². The molecule has 0 heterocycles. The van der Waals surface area contributed by atoms with Gasteiger partial charge in [0.15, 0.2) is 6.61 Å². The number of amides is 2. The Bertz CT molecular complexity index is 1120. The lowest BCUT2D eigenvalue weighted by Crippen LogP contribution is -2.32. The van der Waals surface area contributed by atoms with E-state index in [1.165, 1.54) is 6.21 Å². The number of carbonyl (C=O) groups excluding carboxylic acids is 2. The predicted octanol–water partition coefficient (Wildman–Crippen LogP) is 3.16. The third kappa shape index (κ3) is 7.62. The van der Waals surface area contributed by atoms with Gasteiger partial charge in [-0.05, 0) is 35.4 Å². The van der Waals surface area contributed by atoms with Crippen LogP contribution in [0.2, 0.25) is 0 Å². The van der Waals surface area contributed by atoms with Crippen molar-refractivity contribution < 1.29 is 24.2 Å². The van der Waals surface area contributed by atoms with E-state index in [9.17, 15) is 14.4 Å². The van der Waals surface area contributed by atoms with Crippen molar-refractivity contribution in [2.24, 2.45) is 5.10 Å². The van der Waals surface area contributed by atoms with Gasteiger partial charge in [0.25, 0.3) is 5.91 Å². The molecule has 0 aromatic heterocycles. The first kappa shape index (κ1) is 23.2. The second-order valence-electron chi connectivity index (χ2n) is 7.05. The number of carbonyl (C=O) groups is 3. The lowest BCUT2D eigenvalue weighted by molar-refractivity contribution is -0.139. The molecule has 33 heavy (non-hydrogen) atoms. The maximum atomic E-state index is 12.6. The monoisotopic (exact) mass is 445 g/mol. The number of nitrogens with zero attached hydrogens (tertiary/aromatic N) is 1. The number of benzene rings is 3. The average molecular weight is 445 g/mol. The molecule has 0 unspecified atom stereocenters. The summed E-state index contributed by atoms with van der Waals surface area (Å²) in [5, 5.41) is 15.6. The zero-order valence-electron chi connectivity index (χ0n) is 17.7. The number of ether oxygens (including phenoxy) is 1. The van der Waals surface area contributed by atoms with Crippen LogP contribution < -0.4 is 15.5 Å². The second kappa shape index (κ2) is 11.8. The third-order valence-corrected chi connectivity index (χ3v) is 4.56. The van der Waals surface area contributed by atoms with Crippen LogP contribution in [0, 0.1) is 0 Å². The molecular formula is C25H23N3O5. The van der Waals surface area contributed by atoms with Crippen LogP contribution >= 0.6 is 0 Å². The molecule has 0 aliphatic heterocycles. The molecule has 0 saturated heterocycles. The van der Waals surface area contributed by atoms with Crippen molar-refractivity contribution in [3.63, 3.8) is 0 Å². The Kier molecular flexibility index (Phi) is 8.30. The van der Waals surface area contributed by atoms with Crippen molar-refractivity contribution in [1.29, 1.82) is 0 Å². The molecule has 0 aliphatic rings. The molecule has 0 fully saturated rings. The summed E-state index contributed by atoms with van der Waals surface area (Å²) in [5.41, 5.74) is 4.38. The van der Waals surface area contributed by atoms with Gasteiger partial charge >= 0.3 is 5.97 Å². The number of hydrogen-bond acceptors (Lipinski definition) is 5. The number of hydrogen-bond donors (Lipinski definition) is 3. The Balaban J connectivity index is 1.62. The first-order valence-electron chi connectivity index (χ1n) is 10.2. The summed E-state index contributed by atoms with van der Waals surface area (Å²) in [6.45, 7) is -0.451. The molecule has 8 nitrogen and oxygen atoms in total. The lowest BCUT2D eigenvalue weighted by Gasteiger charge is -2.18. The smallest absolute Gasteiger partial charge is 0.341 e. The number of aliphatic carboxylic acids is 1. The van der Waals surface area contributed by atoms with Gasteiger partial charge < -0.3 is 15.2 Å². The molecule has 8 heteroatoms. The minimum Gasteiger partial charge on any atom is -0.482 e. The van der Waals surface area contributed by atoms with Crippen LogP contribution in [0.4, 0.5) is 0 Å². The lowest BCUT2D eigenvalue weighted by atomic mass is 10.0. The van der Waals surface area contributed by atoms with Gasteiger partial charge in [0.2, 0.25) is 5.91 Å². The quantitative estimate of drug-likeness (QED) is 0.327. The van der Waals surface area contributed by atoms with Crippen molar-refractivity contribution in [3.8, 4) is 5.75 Å². The summed E-state index contributed by atoms with van der Waals surface area (Å²) in [6, 6.07) is 24.1. The molecule has 0 aliphatic carbocycles. The summed E-state index contributed by atoms with van der Waals surface area (Å²) in [5.74, 6) is -1.36. The van der Waals surface area contributed by atoms with Crippen LogP contribution in [-0.4, -0.2) is 35.7 Å². The van der Waals surface area contributed by atoms with Crippen LogP contribution in [0.25, 0.3) is 0 Å². The van der Waals surface area contributed by atoms with E-state index in [0.29, 0.717) is 16.9 Å². The van der Waals surface area contributed by atoms with E-state index in [4.69, 9.17) is 9.84 Å². The van der Waals surface area contributed by atoms with Gasteiger partial charge in [-0.1, -0.05) is 60.7 Å². The minimum atomic E-state index is -1.08. The molecule has 0 saturated carbocycles. The molecule has 2 amide bonds. The number of carboxylic acids is 1. The van der Waals surface area contributed by atoms with Gasteiger partial charge in [-0.25, -0.2) is 10.2 Å². The number of rotatable bonds is 10. The molecule has 3 aromatic rings. The maximum absolute atomic E-state index is 12.6. The van der Waals surface area contributed by atoms with E-state index in [1.54, 1.807) is 48.5 Å². The van der Waals surface area contributed by atoms with Crippen LogP contribution in [0.15, 0.2) is 90.0 Å². The highest BCUT2D eigenvalue weighted by molar-refractivity contribution is 5.94. The van der Waals surface area contributed by atoms with E-state index in [-0.39, 0.29) is 18.2 Å². The van der Waals surface area contributed by atoms with Crippen molar-refractivity contribution >= 4 is 24.0 Å². The molecule has 3 N–H and O–H groups in total. The summed E-state index contributed by atoms with van der Waals surface area (Å²) < 4.78 is 5.12. The van der Waals surface area contributed by atoms with E-state index in [0.717, 1.165) is 5.56 Å². The Morgan fingerprint density at radius 1 is 0.939 bits per heavy atom. The molecular weight excluding hydrogens is 422 g/mol. The third-order valence-electron chi connectivity index (χ3n) is 4.56. The van der Waals surface area contributed by atoms with E-state index >= 15 is 0 Å². The van der Waals surface area contributed by atoms with Crippen molar-refractivity contribution in [1.82, 2.24) is 10.7 Å². The number of nitrogens with one attached hydrogen (secondary N) is 2. The molecule has 1 atom stereocenters. The largest absolute Gasteiger partial charge is 0.482 e. The Morgan fingerprint density at radius 2 is 1.64 bits per heavy atom. The summed E-state index contributed by atoms with van der Waals surface area (Å²) in [7, 11) is 0. The fraction of sp³-hybridized carbons (Fsp3) is 0.120. The van der Waals surface area contributed by atoms with Crippen molar-refractivity contribution in [2.75, 3.05) is 6.61 Å². The van der Waals surface area contributed by atoms with Crippen LogP contribution in [0.3, 0.4) is 0 Å². The fourth-order valence-electron chi connectivity index (χ4n) is 3.01. The number of hydrazone groups is 1. The minimum absolute atomic E-state index is 0.0122. The van der Waals surface area contributed by atoms with Gasteiger partial charge in [-0.3, -0.25) is 9.59 Å². The molecule has 3 aromatic carbocycles. The normalized spacial score (nSPS) is 11.5. The first-order valence-corrected chi connectivity index (χ1v) is 10.2. The average Bonchev–Trinajstić information content (AvgIpc) is 2.83. The zero-order chi connectivity index (χ0) is 23.5. The zero-order valence-corrected chi connectivity index (χ0v) is 17.7. The summed E-state index contributed by atoms with van der Waals surface area (Å²) in [6.07, 6.45) is 1.41. The van der Waals surface area contributed by atoms with Gasteiger partial charge in [-0.15, -0.1) is 0 Å². The van der Waals surface area contributed by atoms with Crippen LogP contribution in [-0.2, 0) is 9.59 Å². The van der Waals surface area contributed by atoms with E-state index in [2.05, 4.69) is 15.8 Å². The molecule has 0 spiro atoms. The number of carboxylic acid groups (broad SMARTS) is 1. The molecule has 0 bridgehead atoms. The summed E-state index contributed by atoms with van der Waals surface area (Å²) >= 11 is 0. The van der Waals surface area contributed by atoms with Gasteiger partial charge in [0.05, 0.1) is 18.7 Å². The van der Waals surface area contributed by atoms with Crippen LogP contribution in [0.5, 0.6) is 5.75 Å². The molecule has 168 valence electrons. The Labute approximate surface area is 190 Å². The SMILES string of the molecule is O=C(O)COc1cccc(/C=N\NC(=O)C[C@@H](NC(=O)c2ccccc2)c2ccccc2)c1. The first-order chi connectivity index (χ1) is 16.0. The molecule has 3 rings (SSSR count). The highest BCUT2D eigenvalue weighted by Gasteiger charge is 2.19. The fourth-order valence-corrected chi connectivity index (χ4v) is 3.01.